The maximum Gasteiger partial charge on any atom is 0.317 e. The van der Waals surface area contributed by atoms with Crippen molar-refractivity contribution in [3.8, 4) is 5.75 Å². The fraction of sp³-hybridized carbons (Fsp3) is 0.467. The highest BCUT2D eigenvalue weighted by atomic mass is 19.1. The van der Waals surface area contributed by atoms with Crippen molar-refractivity contribution in [2.24, 2.45) is 0 Å². The SMILES string of the molecule is COc1ccc(C(=O)N2C[C@@H](O)[C@@H](N(C)CC(=O)O)C2)c(F)c1. The Morgan fingerprint density at radius 3 is 2.70 bits per heavy atom. The van der Waals surface area contributed by atoms with Crippen LogP contribution >= 0.6 is 0 Å². The standard InChI is InChI=1S/C15H19FN2O5/c1-17(8-14(20)21)12-6-18(7-13(12)19)15(22)10-4-3-9(23-2)5-11(10)16/h3-5,12-13,19H,6-8H2,1-2H3,(H,20,21)/t12-,13+/m0/s1. The summed E-state index contributed by atoms with van der Waals surface area (Å²) in [7, 11) is 2.96. The molecule has 23 heavy (non-hydrogen) atoms. The van der Waals surface area contributed by atoms with Crippen molar-refractivity contribution in [3.63, 3.8) is 0 Å². The van der Waals surface area contributed by atoms with E-state index >= 15 is 0 Å². The monoisotopic (exact) mass is 326 g/mol. The Kier molecular flexibility index (Phi) is 5.17. The van der Waals surface area contributed by atoms with E-state index in [-0.39, 0.29) is 25.2 Å². The molecule has 0 aliphatic carbocycles. The predicted octanol–water partition coefficient (Wildman–Crippen LogP) is 0.0360. The molecular weight excluding hydrogens is 307 g/mol. The zero-order valence-corrected chi connectivity index (χ0v) is 12.9. The van der Waals surface area contributed by atoms with Gasteiger partial charge in [-0.05, 0) is 19.2 Å². The number of β-amino-alcohol motifs (C(OH)–C–C–N with tert-alkyl or cyclic N) is 1. The van der Waals surface area contributed by atoms with Gasteiger partial charge in [-0.2, -0.15) is 0 Å². The van der Waals surface area contributed by atoms with Crippen LogP contribution in [0, 0.1) is 5.82 Å². The lowest BCUT2D eigenvalue weighted by molar-refractivity contribution is -0.138. The summed E-state index contributed by atoms with van der Waals surface area (Å²) >= 11 is 0. The molecule has 1 amide bonds. The van der Waals surface area contributed by atoms with Gasteiger partial charge in [-0.15, -0.1) is 0 Å². The zero-order chi connectivity index (χ0) is 17.1. The van der Waals surface area contributed by atoms with Gasteiger partial charge in [0.1, 0.15) is 11.6 Å². The quantitative estimate of drug-likeness (QED) is 0.794. The first-order valence-corrected chi connectivity index (χ1v) is 7.06. The van der Waals surface area contributed by atoms with E-state index < -0.39 is 29.8 Å². The third kappa shape index (κ3) is 3.77. The second-order valence-electron chi connectivity index (χ2n) is 5.50. The number of aliphatic hydroxyl groups excluding tert-OH is 1. The Morgan fingerprint density at radius 2 is 2.13 bits per heavy atom. The summed E-state index contributed by atoms with van der Waals surface area (Å²) in [6.45, 7) is -0.0885. The van der Waals surface area contributed by atoms with Crippen LogP contribution in [0.1, 0.15) is 10.4 Å². The summed E-state index contributed by atoms with van der Waals surface area (Å²) in [5.41, 5.74) is -0.112. The molecule has 1 aromatic rings. The predicted molar refractivity (Wildman–Crippen MR) is 78.9 cm³/mol. The highest BCUT2D eigenvalue weighted by Crippen LogP contribution is 2.21. The molecule has 2 N–H and O–H groups in total. The molecule has 1 aliphatic rings. The minimum atomic E-state index is -1.02. The molecule has 2 atom stereocenters. The summed E-state index contributed by atoms with van der Waals surface area (Å²) in [4.78, 5) is 25.9. The highest BCUT2D eigenvalue weighted by Gasteiger charge is 2.37. The number of amides is 1. The second-order valence-corrected chi connectivity index (χ2v) is 5.50. The van der Waals surface area contributed by atoms with Crippen LogP contribution in [0.2, 0.25) is 0 Å². The summed E-state index contributed by atoms with van der Waals surface area (Å²) in [6, 6.07) is 3.43. The van der Waals surface area contributed by atoms with E-state index in [1.54, 1.807) is 7.05 Å². The van der Waals surface area contributed by atoms with E-state index in [1.807, 2.05) is 0 Å². The fourth-order valence-corrected chi connectivity index (χ4v) is 2.67. The van der Waals surface area contributed by atoms with Crippen LogP contribution in [-0.2, 0) is 4.79 Å². The van der Waals surface area contributed by atoms with Crippen LogP contribution in [0.3, 0.4) is 0 Å². The van der Waals surface area contributed by atoms with Crippen LogP contribution in [0.4, 0.5) is 4.39 Å². The van der Waals surface area contributed by atoms with Crippen molar-refractivity contribution in [2.75, 3.05) is 33.8 Å². The first-order valence-electron chi connectivity index (χ1n) is 7.06. The van der Waals surface area contributed by atoms with Crippen LogP contribution in [-0.4, -0.2) is 77.8 Å². The van der Waals surface area contributed by atoms with Gasteiger partial charge in [0.15, 0.2) is 0 Å². The molecule has 0 spiro atoms. The van der Waals surface area contributed by atoms with Crippen LogP contribution in [0.15, 0.2) is 18.2 Å². The number of ether oxygens (including phenoxy) is 1. The molecule has 0 aromatic heterocycles. The third-order valence-electron chi connectivity index (χ3n) is 3.90. The van der Waals surface area contributed by atoms with Crippen molar-refractivity contribution in [3.05, 3.63) is 29.6 Å². The molecule has 0 radical (unpaired) electrons. The first kappa shape index (κ1) is 17.2. The second kappa shape index (κ2) is 6.93. The lowest BCUT2D eigenvalue weighted by Crippen LogP contribution is -2.43. The topological polar surface area (TPSA) is 90.3 Å². The number of aliphatic hydroxyl groups is 1. The number of carboxylic acid groups (broad SMARTS) is 1. The molecule has 8 heteroatoms. The molecule has 7 nitrogen and oxygen atoms in total. The highest BCUT2D eigenvalue weighted by molar-refractivity contribution is 5.95. The number of carboxylic acids is 1. The minimum absolute atomic E-state index is 0.0267. The van der Waals surface area contributed by atoms with Gasteiger partial charge in [-0.25, -0.2) is 4.39 Å². The Balaban J connectivity index is 2.11. The number of rotatable bonds is 5. The van der Waals surface area contributed by atoms with Crippen LogP contribution in [0.25, 0.3) is 0 Å². The van der Waals surface area contributed by atoms with E-state index in [2.05, 4.69) is 0 Å². The van der Waals surface area contributed by atoms with Gasteiger partial charge in [-0.3, -0.25) is 14.5 Å². The number of likely N-dealkylation sites (tertiary alicyclic amines) is 1. The smallest absolute Gasteiger partial charge is 0.317 e. The van der Waals surface area contributed by atoms with E-state index in [9.17, 15) is 19.1 Å². The number of nitrogens with zero attached hydrogens (tertiary/aromatic N) is 2. The summed E-state index contributed by atoms with van der Waals surface area (Å²) < 4.78 is 18.9. The van der Waals surface area contributed by atoms with Gasteiger partial charge in [0.05, 0.1) is 31.4 Å². The Hall–Kier alpha value is -2.19. The van der Waals surface area contributed by atoms with Crippen molar-refractivity contribution in [2.45, 2.75) is 12.1 Å². The largest absolute Gasteiger partial charge is 0.497 e. The van der Waals surface area contributed by atoms with E-state index in [0.29, 0.717) is 5.75 Å². The van der Waals surface area contributed by atoms with Gasteiger partial charge in [-0.1, -0.05) is 0 Å². The number of methoxy groups -OCH3 is 1. The molecule has 0 bridgehead atoms. The van der Waals surface area contributed by atoms with Crippen LogP contribution in [0.5, 0.6) is 5.75 Å². The number of hydrogen-bond acceptors (Lipinski definition) is 5. The van der Waals surface area contributed by atoms with Gasteiger partial charge in [0, 0.05) is 19.2 Å². The van der Waals surface area contributed by atoms with Crippen LogP contribution < -0.4 is 4.74 Å². The number of benzene rings is 1. The van der Waals surface area contributed by atoms with Gasteiger partial charge < -0.3 is 19.8 Å². The first-order chi connectivity index (χ1) is 10.8. The van der Waals surface area contributed by atoms with Gasteiger partial charge in [0.2, 0.25) is 0 Å². The Bertz CT molecular complexity index is 610. The number of carbonyl (C=O) groups excluding carboxylic acids is 1. The Morgan fingerprint density at radius 1 is 1.43 bits per heavy atom. The summed E-state index contributed by atoms with van der Waals surface area (Å²) in [5.74, 6) is -1.97. The lowest BCUT2D eigenvalue weighted by atomic mass is 10.1. The molecule has 126 valence electrons. The molecule has 1 heterocycles. The third-order valence-corrected chi connectivity index (χ3v) is 3.90. The average Bonchev–Trinajstić information content (AvgIpc) is 2.87. The molecule has 0 unspecified atom stereocenters. The molecule has 1 saturated heterocycles. The number of halogens is 1. The molecule has 2 rings (SSSR count). The number of likely N-dealkylation sites (N-methyl/N-ethyl adjacent to an activating group) is 1. The maximum absolute atomic E-state index is 14.0. The summed E-state index contributed by atoms with van der Waals surface area (Å²) in [5, 5.41) is 18.9. The van der Waals surface area contributed by atoms with E-state index in [0.717, 1.165) is 6.07 Å². The number of hydrogen-bond donors (Lipinski definition) is 2. The molecule has 0 saturated carbocycles. The van der Waals surface area contributed by atoms with Gasteiger partial charge >= 0.3 is 5.97 Å². The Labute approximate surface area is 132 Å². The van der Waals surface area contributed by atoms with Crippen molar-refractivity contribution in [1.29, 1.82) is 0 Å². The fourth-order valence-electron chi connectivity index (χ4n) is 2.67. The minimum Gasteiger partial charge on any atom is -0.497 e. The molecule has 1 fully saturated rings. The lowest BCUT2D eigenvalue weighted by Gasteiger charge is -2.24. The molecule has 1 aromatic carbocycles. The van der Waals surface area contributed by atoms with Crippen molar-refractivity contribution >= 4 is 11.9 Å². The van der Waals surface area contributed by atoms with E-state index in [1.165, 1.54) is 29.0 Å². The average molecular weight is 326 g/mol. The van der Waals surface area contributed by atoms with Crippen molar-refractivity contribution in [1.82, 2.24) is 9.80 Å². The number of aliphatic carboxylic acids is 1. The van der Waals surface area contributed by atoms with Crippen molar-refractivity contribution < 1.29 is 28.9 Å². The number of carbonyl (C=O) groups is 2. The normalized spacial score (nSPS) is 20.8. The maximum atomic E-state index is 14.0. The summed E-state index contributed by atoms with van der Waals surface area (Å²) in [6.07, 6.45) is -0.885. The molecular formula is C15H19FN2O5. The molecule has 1 aliphatic heterocycles. The van der Waals surface area contributed by atoms with Gasteiger partial charge in [0.25, 0.3) is 5.91 Å². The zero-order valence-electron chi connectivity index (χ0n) is 12.9. The van der Waals surface area contributed by atoms with E-state index in [4.69, 9.17) is 9.84 Å².